The molecule has 0 fully saturated rings. The highest BCUT2D eigenvalue weighted by molar-refractivity contribution is 5.88. The minimum absolute atomic E-state index is 0.0171. The van der Waals surface area contributed by atoms with E-state index >= 15 is 0 Å². The number of aromatic carboxylic acids is 1. The van der Waals surface area contributed by atoms with Crippen LogP contribution in [0.25, 0.3) is 5.69 Å². The third-order valence-electron chi connectivity index (χ3n) is 5.51. The van der Waals surface area contributed by atoms with Crippen molar-refractivity contribution in [1.29, 1.82) is 5.26 Å². The summed E-state index contributed by atoms with van der Waals surface area (Å²) in [6, 6.07) is 16.7. The molecule has 1 unspecified atom stereocenters. The lowest BCUT2D eigenvalue weighted by Crippen LogP contribution is -2.22. The number of benzene rings is 2. The number of carbonyl (C=O) groups is 1. The lowest BCUT2D eigenvalue weighted by atomic mass is 9.83. The van der Waals surface area contributed by atoms with Crippen LogP contribution in [0.1, 0.15) is 58.4 Å². The fourth-order valence-corrected chi connectivity index (χ4v) is 3.87. The molecule has 2 aromatic carbocycles. The van der Waals surface area contributed by atoms with Crippen molar-refractivity contribution in [2.75, 3.05) is 0 Å². The fraction of sp³-hybridized carbons (Fsp3) is 0.208. The van der Waals surface area contributed by atoms with Crippen molar-refractivity contribution in [3.05, 3.63) is 87.9 Å². The first-order valence-corrected chi connectivity index (χ1v) is 9.92. The molecule has 1 aliphatic rings. The van der Waals surface area contributed by atoms with Crippen molar-refractivity contribution in [2.24, 2.45) is 5.73 Å². The van der Waals surface area contributed by atoms with Gasteiger partial charge in [-0.25, -0.2) is 9.48 Å². The fourth-order valence-electron chi connectivity index (χ4n) is 3.87. The summed E-state index contributed by atoms with van der Waals surface area (Å²) in [5.74, 6) is -0.666. The number of allylic oxidation sites excluding steroid dienone is 1. The third kappa shape index (κ3) is 3.42. The third-order valence-corrected chi connectivity index (χ3v) is 5.51. The van der Waals surface area contributed by atoms with E-state index in [1.54, 1.807) is 12.1 Å². The maximum atomic E-state index is 11.4. The van der Waals surface area contributed by atoms with Crippen molar-refractivity contribution in [2.45, 2.75) is 32.6 Å². The Morgan fingerprint density at radius 3 is 2.58 bits per heavy atom. The first kappa shape index (κ1) is 20.2. The van der Waals surface area contributed by atoms with Crippen molar-refractivity contribution in [1.82, 2.24) is 9.78 Å². The summed E-state index contributed by atoms with van der Waals surface area (Å²) in [7, 11) is 0. The van der Waals surface area contributed by atoms with Crippen LogP contribution >= 0.6 is 0 Å². The van der Waals surface area contributed by atoms with Crippen LogP contribution in [0.2, 0.25) is 0 Å². The smallest absolute Gasteiger partial charge is 0.335 e. The predicted octanol–water partition coefficient (Wildman–Crippen LogP) is 4.22. The number of nitriles is 1. The molecule has 3 aromatic rings. The number of aryl methyl sites for hydroxylation is 1. The average Bonchev–Trinajstić information content (AvgIpc) is 3.08. The quantitative estimate of drug-likeness (QED) is 0.661. The summed E-state index contributed by atoms with van der Waals surface area (Å²) in [5, 5.41) is 23.7. The summed E-state index contributed by atoms with van der Waals surface area (Å²) in [6.45, 7) is 6.09. The Bertz CT molecular complexity index is 1250. The lowest BCUT2D eigenvalue weighted by Gasteiger charge is -2.25. The van der Waals surface area contributed by atoms with E-state index in [0.717, 1.165) is 11.1 Å². The van der Waals surface area contributed by atoms with E-state index in [4.69, 9.17) is 10.5 Å². The number of carboxylic acid groups (broad SMARTS) is 1. The second-order valence-electron chi connectivity index (χ2n) is 7.82. The zero-order chi connectivity index (χ0) is 22.3. The maximum Gasteiger partial charge on any atom is 0.335 e. The molecule has 31 heavy (non-hydrogen) atoms. The van der Waals surface area contributed by atoms with Gasteiger partial charge in [0, 0.05) is 0 Å². The first-order chi connectivity index (χ1) is 14.8. The van der Waals surface area contributed by atoms with Crippen LogP contribution in [0, 0.1) is 18.3 Å². The van der Waals surface area contributed by atoms with Gasteiger partial charge < -0.3 is 15.6 Å². The van der Waals surface area contributed by atoms with Gasteiger partial charge in [-0.1, -0.05) is 44.2 Å². The van der Waals surface area contributed by atoms with Gasteiger partial charge in [-0.15, -0.1) is 0 Å². The molecule has 0 aliphatic carbocycles. The summed E-state index contributed by atoms with van der Waals surface area (Å²) in [6.07, 6.45) is 0. The number of ether oxygens (including phenoxy) is 1. The van der Waals surface area contributed by atoms with Gasteiger partial charge in [-0.2, -0.15) is 10.4 Å². The minimum Gasteiger partial charge on any atom is -0.478 e. The molecular weight excluding hydrogens is 392 g/mol. The molecule has 7 nitrogen and oxygen atoms in total. The van der Waals surface area contributed by atoms with Crippen LogP contribution in [0.3, 0.4) is 0 Å². The van der Waals surface area contributed by atoms with E-state index in [9.17, 15) is 15.2 Å². The Balaban J connectivity index is 1.89. The van der Waals surface area contributed by atoms with Crippen molar-refractivity contribution >= 4 is 5.97 Å². The molecule has 3 N–H and O–H groups in total. The summed E-state index contributed by atoms with van der Waals surface area (Å²) in [5.41, 5.74) is 10.7. The van der Waals surface area contributed by atoms with E-state index in [2.05, 4.69) is 37.1 Å². The van der Waals surface area contributed by atoms with E-state index < -0.39 is 11.9 Å². The maximum absolute atomic E-state index is 11.4. The van der Waals surface area contributed by atoms with E-state index in [1.807, 2.05) is 19.1 Å². The van der Waals surface area contributed by atoms with Crippen LogP contribution in [0.4, 0.5) is 0 Å². The second-order valence-corrected chi connectivity index (χ2v) is 7.82. The zero-order valence-corrected chi connectivity index (χ0v) is 17.5. The molecule has 4 rings (SSSR count). The van der Waals surface area contributed by atoms with Crippen LogP contribution in [-0.4, -0.2) is 20.9 Å². The number of aromatic nitrogens is 2. The topological polar surface area (TPSA) is 114 Å². The van der Waals surface area contributed by atoms with Gasteiger partial charge in [0.05, 0.1) is 28.4 Å². The number of hydrogen-bond donors (Lipinski definition) is 2. The SMILES string of the molecule is Cc1nn(-c2cccc(C(=O)O)c2)c2c1C(c1ccc(C(C)C)cc1)C(C#N)=C(N)O2. The number of nitrogens with zero attached hydrogens (tertiary/aromatic N) is 3. The van der Waals surface area contributed by atoms with E-state index in [1.165, 1.54) is 22.4 Å². The number of hydrogen-bond acceptors (Lipinski definition) is 5. The molecule has 1 aliphatic heterocycles. The molecule has 156 valence electrons. The van der Waals surface area contributed by atoms with Gasteiger partial charge in [0.1, 0.15) is 11.6 Å². The lowest BCUT2D eigenvalue weighted by molar-refractivity contribution is 0.0697. The van der Waals surface area contributed by atoms with Crippen molar-refractivity contribution in [3.8, 4) is 17.6 Å². The first-order valence-electron chi connectivity index (χ1n) is 9.92. The highest BCUT2D eigenvalue weighted by Crippen LogP contribution is 2.44. The van der Waals surface area contributed by atoms with Crippen molar-refractivity contribution < 1.29 is 14.6 Å². The molecule has 0 saturated carbocycles. The van der Waals surface area contributed by atoms with Gasteiger partial charge in [-0.3, -0.25) is 0 Å². The molecule has 1 atom stereocenters. The number of rotatable bonds is 4. The predicted molar refractivity (Wildman–Crippen MR) is 115 cm³/mol. The molecule has 7 heteroatoms. The van der Waals surface area contributed by atoms with Crippen LogP contribution < -0.4 is 10.5 Å². The zero-order valence-electron chi connectivity index (χ0n) is 17.5. The molecule has 0 saturated heterocycles. The van der Waals surface area contributed by atoms with Gasteiger partial charge >= 0.3 is 5.97 Å². The average molecular weight is 414 g/mol. The second kappa shape index (κ2) is 7.65. The van der Waals surface area contributed by atoms with Crippen LogP contribution in [-0.2, 0) is 0 Å². The number of fused-ring (bicyclic) bond motifs is 1. The van der Waals surface area contributed by atoms with Gasteiger partial charge in [0.2, 0.25) is 11.8 Å². The van der Waals surface area contributed by atoms with Crippen LogP contribution in [0.15, 0.2) is 60.0 Å². The summed E-state index contributed by atoms with van der Waals surface area (Å²) < 4.78 is 7.38. The monoisotopic (exact) mass is 414 g/mol. The molecule has 1 aromatic heterocycles. The molecule has 0 spiro atoms. The highest BCUT2D eigenvalue weighted by atomic mass is 16.5. The highest BCUT2D eigenvalue weighted by Gasteiger charge is 2.36. The molecule has 0 radical (unpaired) electrons. The normalized spacial score (nSPS) is 15.4. The Morgan fingerprint density at radius 2 is 1.97 bits per heavy atom. The Kier molecular flexibility index (Phi) is 4.99. The Morgan fingerprint density at radius 1 is 1.26 bits per heavy atom. The van der Waals surface area contributed by atoms with E-state index in [0.29, 0.717) is 28.8 Å². The minimum atomic E-state index is -1.03. The van der Waals surface area contributed by atoms with Gasteiger partial charge in [0.25, 0.3) is 0 Å². The van der Waals surface area contributed by atoms with E-state index in [-0.39, 0.29) is 11.4 Å². The van der Waals surface area contributed by atoms with Gasteiger partial charge in [-0.05, 0) is 42.2 Å². The molecule has 0 bridgehead atoms. The Hall–Kier alpha value is -4.05. The van der Waals surface area contributed by atoms with Crippen molar-refractivity contribution in [3.63, 3.8) is 0 Å². The number of carboxylic acids is 1. The van der Waals surface area contributed by atoms with Crippen LogP contribution in [0.5, 0.6) is 5.88 Å². The van der Waals surface area contributed by atoms with Gasteiger partial charge in [0.15, 0.2) is 0 Å². The molecule has 0 amide bonds. The largest absolute Gasteiger partial charge is 0.478 e. The summed E-state index contributed by atoms with van der Waals surface area (Å²) in [4.78, 5) is 11.4. The molecule has 2 heterocycles. The standard InChI is InChI=1S/C24H22N4O3/c1-13(2)15-7-9-16(10-8-15)21-19(12-25)22(26)31-23-20(21)14(3)27-28(23)18-6-4-5-17(11-18)24(29)30/h4-11,13,21H,26H2,1-3H3,(H,29,30). The summed E-state index contributed by atoms with van der Waals surface area (Å²) >= 11 is 0. The Labute approximate surface area is 180 Å². The number of nitrogens with two attached hydrogens (primary N) is 1. The molecular formula is C24H22N4O3.